The van der Waals surface area contributed by atoms with Crippen LogP contribution < -0.4 is 9.47 Å². The SMILES string of the molecule is COc1ccc(O)c(OC[C@@H](O)C(C)(C)C)c1. The van der Waals surface area contributed by atoms with Crippen LogP contribution in [0, 0.1) is 5.41 Å². The Hall–Kier alpha value is -1.42. The van der Waals surface area contributed by atoms with Gasteiger partial charge in [0.1, 0.15) is 12.4 Å². The molecule has 0 unspecified atom stereocenters. The van der Waals surface area contributed by atoms with Crippen molar-refractivity contribution in [2.75, 3.05) is 13.7 Å². The Bertz CT molecular complexity index is 368. The van der Waals surface area contributed by atoms with E-state index in [9.17, 15) is 10.2 Å². The number of phenolic OH excluding ortho intramolecular Hbond substituents is 1. The molecule has 0 saturated heterocycles. The fourth-order valence-corrected chi connectivity index (χ4v) is 1.16. The lowest BCUT2D eigenvalue weighted by Gasteiger charge is -2.25. The molecule has 0 aliphatic carbocycles. The maximum absolute atomic E-state index is 9.83. The molecule has 0 saturated carbocycles. The molecular formula is C13H20O4. The fourth-order valence-electron chi connectivity index (χ4n) is 1.16. The molecule has 17 heavy (non-hydrogen) atoms. The highest BCUT2D eigenvalue weighted by Gasteiger charge is 2.23. The molecule has 4 nitrogen and oxygen atoms in total. The number of hydrogen-bond acceptors (Lipinski definition) is 4. The molecule has 0 aliphatic rings. The van der Waals surface area contributed by atoms with Crippen molar-refractivity contribution < 1.29 is 19.7 Å². The van der Waals surface area contributed by atoms with Crippen LogP contribution in [0.4, 0.5) is 0 Å². The molecule has 1 rings (SSSR count). The van der Waals surface area contributed by atoms with Crippen molar-refractivity contribution >= 4 is 0 Å². The normalized spacial score (nSPS) is 13.2. The third-order valence-corrected chi connectivity index (χ3v) is 2.56. The quantitative estimate of drug-likeness (QED) is 0.847. The Morgan fingerprint density at radius 3 is 2.47 bits per heavy atom. The number of benzene rings is 1. The number of aliphatic hydroxyl groups excluding tert-OH is 1. The smallest absolute Gasteiger partial charge is 0.164 e. The first-order valence-electron chi connectivity index (χ1n) is 5.52. The van der Waals surface area contributed by atoms with Crippen molar-refractivity contribution in [3.8, 4) is 17.2 Å². The Morgan fingerprint density at radius 2 is 1.94 bits per heavy atom. The topological polar surface area (TPSA) is 58.9 Å². The van der Waals surface area contributed by atoms with E-state index in [-0.39, 0.29) is 17.8 Å². The molecule has 96 valence electrons. The number of phenols is 1. The lowest BCUT2D eigenvalue weighted by atomic mass is 9.90. The maximum Gasteiger partial charge on any atom is 0.164 e. The van der Waals surface area contributed by atoms with Gasteiger partial charge in [0.05, 0.1) is 13.2 Å². The molecule has 2 N–H and O–H groups in total. The maximum atomic E-state index is 9.83. The standard InChI is InChI=1S/C13H20O4/c1-13(2,3)12(15)8-17-11-7-9(16-4)5-6-10(11)14/h5-7,12,14-15H,8H2,1-4H3/t12-/m1/s1. The molecule has 0 aromatic heterocycles. The lowest BCUT2D eigenvalue weighted by molar-refractivity contribution is 0.0211. The van der Waals surface area contributed by atoms with Gasteiger partial charge in [-0.05, 0) is 17.5 Å². The van der Waals surface area contributed by atoms with Gasteiger partial charge in [0.25, 0.3) is 0 Å². The molecule has 0 fully saturated rings. The van der Waals surface area contributed by atoms with E-state index >= 15 is 0 Å². The van der Waals surface area contributed by atoms with Crippen molar-refractivity contribution in [1.29, 1.82) is 0 Å². The Balaban J connectivity index is 2.69. The minimum absolute atomic E-state index is 0.0342. The molecule has 0 amide bonds. The second-order valence-corrected chi connectivity index (χ2v) is 5.03. The van der Waals surface area contributed by atoms with Gasteiger partial charge in [0, 0.05) is 6.07 Å². The molecule has 0 aliphatic heterocycles. The predicted molar refractivity (Wildman–Crippen MR) is 65.6 cm³/mol. The highest BCUT2D eigenvalue weighted by molar-refractivity contribution is 5.44. The summed E-state index contributed by atoms with van der Waals surface area (Å²) in [6.07, 6.45) is -0.604. The highest BCUT2D eigenvalue weighted by Crippen LogP contribution is 2.31. The number of aromatic hydroxyl groups is 1. The molecule has 4 heteroatoms. The van der Waals surface area contributed by atoms with E-state index in [1.165, 1.54) is 6.07 Å². The van der Waals surface area contributed by atoms with Crippen molar-refractivity contribution in [2.24, 2.45) is 5.41 Å². The van der Waals surface area contributed by atoms with E-state index in [0.29, 0.717) is 11.5 Å². The zero-order valence-electron chi connectivity index (χ0n) is 10.7. The molecule has 0 radical (unpaired) electrons. The van der Waals surface area contributed by atoms with Gasteiger partial charge in [-0.1, -0.05) is 20.8 Å². The summed E-state index contributed by atoms with van der Waals surface area (Å²) >= 11 is 0. The second-order valence-electron chi connectivity index (χ2n) is 5.03. The van der Waals surface area contributed by atoms with Gasteiger partial charge in [0.2, 0.25) is 0 Å². The van der Waals surface area contributed by atoms with Gasteiger partial charge in [-0.15, -0.1) is 0 Å². The number of rotatable bonds is 4. The van der Waals surface area contributed by atoms with Gasteiger partial charge >= 0.3 is 0 Å². The van der Waals surface area contributed by atoms with E-state index in [1.54, 1.807) is 19.2 Å². The zero-order chi connectivity index (χ0) is 13.1. The molecule has 0 spiro atoms. The predicted octanol–water partition coefficient (Wildman–Crippen LogP) is 2.19. The Kier molecular flexibility index (Phi) is 4.23. The minimum atomic E-state index is -0.604. The van der Waals surface area contributed by atoms with Crippen molar-refractivity contribution in [2.45, 2.75) is 26.9 Å². The summed E-state index contributed by atoms with van der Waals surface area (Å²) in [6, 6.07) is 4.73. The number of methoxy groups -OCH3 is 1. The largest absolute Gasteiger partial charge is 0.504 e. The lowest BCUT2D eigenvalue weighted by Crippen LogP contribution is -2.31. The van der Waals surface area contributed by atoms with Crippen LogP contribution in [0.15, 0.2) is 18.2 Å². The average Bonchev–Trinajstić information content (AvgIpc) is 2.26. The first-order valence-corrected chi connectivity index (χ1v) is 5.52. The van der Waals surface area contributed by atoms with E-state index < -0.39 is 6.10 Å². The molecule has 1 aromatic carbocycles. The molecular weight excluding hydrogens is 220 g/mol. The fraction of sp³-hybridized carbons (Fsp3) is 0.538. The van der Waals surface area contributed by atoms with E-state index in [1.807, 2.05) is 20.8 Å². The molecule has 1 aromatic rings. The summed E-state index contributed by atoms with van der Waals surface area (Å²) in [5.41, 5.74) is -0.255. The van der Waals surface area contributed by atoms with Crippen LogP contribution in [0.2, 0.25) is 0 Å². The summed E-state index contributed by atoms with van der Waals surface area (Å²) in [7, 11) is 1.54. The first kappa shape index (κ1) is 13.6. The first-order chi connectivity index (χ1) is 7.84. The third-order valence-electron chi connectivity index (χ3n) is 2.56. The molecule has 1 atom stereocenters. The van der Waals surface area contributed by atoms with Gasteiger partial charge in [-0.2, -0.15) is 0 Å². The summed E-state index contributed by atoms with van der Waals surface area (Å²) in [5.74, 6) is 0.947. The summed E-state index contributed by atoms with van der Waals surface area (Å²) in [4.78, 5) is 0. The monoisotopic (exact) mass is 240 g/mol. The Labute approximate surface area is 102 Å². The van der Waals surface area contributed by atoms with Crippen LogP contribution in [0.5, 0.6) is 17.2 Å². The minimum Gasteiger partial charge on any atom is -0.504 e. The zero-order valence-corrected chi connectivity index (χ0v) is 10.7. The van der Waals surface area contributed by atoms with Crippen molar-refractivity contribution in [3.05, 3.63) is 18.2 Å². The van der Waals surface area contributed by atoms with Gasteiger partial charge in [0.15, 0.2) is 11.5 Å². The van der Waals surface area contributed by atoms with E-state index in [0.717, 1.165) is 0 Å². The van der Waals surface area contributed by atoms with Gasteiger partial charge in [-0.25, -0.2) is 0 Å². The van der Waals surface area contributed by atoms with Crippen LogP contribution in [-0.2, 0) is 0 Å². The molecule has 0 bridgehead atoms. The second kappa shape index (κ2) is 5.27. The summed E-state index contributed by atoms with van der Waals surface area (Å²) in [5, 5.41) is 19.4. The van der Waals surface area contributed by atoms with Crippen molar-refractivity contribution in [1.82, 2.24) is 0 Å². The van der Waals surface area contributed by atoms with E-state index in [2.05, 4.69) is 0 Å². The Morgan fingerprint density at radius 1 is 1.29 bits per heavy atom. The third kappa shape index (κ3) is 3.82. The van der Waals surface area contributed by atoms with Crippen LogP contribution in [0.1, 0.15) is 20.8 Å². The van der Waals surface area contributed by atoms with Crippen LogP contribution >= 0.6 is 0 Å². The van der Waals surface area contributed by atoms with E-state index in [4.69, 9.17) is 9.47 Å². The number of ether oxygens (including phenoxy) is 2. The number of hydrogen-bond donors (Lipinski definition) is 2. The summed E-state index contributed by atoms with van der Waals surface area (Å²) in [6.45, 7) is 5.90. The van der Waals surface area contributed by atoms with Gasteiger partial charge < -0.3 is 19.7 Å². The average molecular weight is 240 g/mol. The van der Waals surface area contributed by atoms with Crippen LogP contribution in [0.3, 0.4) is 0 Å². The summed E-state index contributed by atoms with van der Waals surface area (Å²) < 4.78 is 10.4. The van der Waals surface area contributed by atoms with Crippen LogP contribution in [-0.4, -0.2) is 30.0 Å². The van der Waals surface area contributed by atoms with Crippen LogP contribution in [0.25, 0.3) is 0 Å². The number of aliphatic hydroxyl groups is 1. The highest BCUT2D eigenvalue weighted by atomic mass is 16.5. The van der Waals surface area contributed by atoms with Crippen molar-refractivity contribution in [3.63, 3.8) is 0 Å². The molecule has 0 heterocycles. The van der Waals surface area contributed by atoms with Gasteiger partial charge in [-0.3, -0.25) is 0 Å².